The van der Waals surface area contributed by atoms with Crippen molar-refractivity contribution >= 4 is 5.82 Å². The monoisotopic (exact) mass is 278 g/mol. The molecule has 2 heterocycles. The van der Waals surface area contributed by atoms with Gasteiger partial charge in [-0.2, -0.15) is 5.26 Å². The summed E-state index contributed by atoms with van der Waals surface area (Å²) in [4.78, 5) is 10.5. The van der Waals surface area contributed by atoms with E-state index in [0.29, 0.717) is 17.7 Å². The summed E-state index contributed by atoms with van der Waals surface area (Å²) >= 11 is 0. The number of hydrogen-bond donors (Lipinski definition) is 0. The van der Waals surface area contributed by atoms with Gasteiger partial charge in [-0.1, -0.05) is 29.8 Å². The smallest absolute Gasteiger partial charge is 0.145 e. The first-order valence-corrected chi connectivity index (χ1v) is 7.22. The lowest BCUT2D eigenvalue weighted by atomic mass is 9.96. The first-order chi connectivity index (χ1) is 10.2. The van der Waals surface area contributed by atoms with E-state index in [-0.39, 0.29) is 0 Å². The fourth-order valence-corrected chi connectivity index (χ4v) is 3.00. The highest BCUT2D eigenvalue weighted by molar-refractivity contribution is 5.45. The highest BCUT2D eigenvalue weighted by Crippen LogP contribution is 2.34. The van der Waals surface area contributed by atoms with Gasteiger partial charge in [-0.15, -0.1) is 0 Å². The molecular weight excluding hydrogens is 260 g/mol. The van der Waals surface area contributed by atoms with Gasteiger partial charge in [0.15, 0.2) is 0 Å². The van der Waals surface area contributed by atoms with Crippen LogP contribution < -0.4 is 4.90 Å². The molecule has 1 aliphatic heterocycles. The molecule has 1 aromatic heterocycles. The highest BCUT2D eigenvalue weighted by atomic mass is 15.2. The van der Waals surface area contributed by atoms with Crippen molar-refractivity contribution in [2.24, 2.45) is 0 Å². The van der Waals surface area contributed by atoms with Gasteiger partial charge in [0.2, 0.25) is 0 Å². The molecule has 2 unspecified atom stereocenters. The summed E-state index contributed by atoms with van der Waals surface area (Å²) in [5.74, 6) is 1.37. The van der Waals surface area contributed by atoms with Crippen LogP contribution in [0, 0.1) is 18.3 Å². The minimum atomic E-state index is 0.415. The Bertz CT molecular complexity index is 672. The standard InChI is InChI=1S/C17H18N4/c1-12-3-5-14(6-4-12)15-7-13(2)21(10-15)17-8-16(9-18)19-11-20-17/h3-6,8,11,13,15H,7,10H2,1-2H3. The molecule has 0 amide bonds. The van der Waals surface area contributed by atoms with Crippen LogP contribution in [0.2, 0.25) is 0 Å². The fourth-order valence-electron chi connectivity index (χ4n) is 3.00. The number of aromatic nitrogens is 2. The molecule has 0 spiro atoms. The molecule has 0 radical (unpaired) electrons. The van der Waals surface area contributed by atoms with E-state index in [9.17, 15) is 0 Å². The molecule has 1 aliphatic rings. The van der Waals surface area contributed by atoms with Crippen molar-refractivity contribution < 1.29 is 0 Å². The van der Waals surface area contributed by atoms with E-state index in [1.54, 1.807) is 6.07 Å². The van der Waals surface area contributed by atoms with E-state index < -0.39 is 0 Å². The Morgan fingerprint density at radius 2 is 2.00 bits per heavy atom. The molecule has 1 fully saturated rings. The number of hydrogen-bond acceptors (Lipinski definition) is 4. The number of aryl methyl sites for hydroxylation is 1. The number of benzene rings is 1. The molecule has 0 aliphatic carbocycles. The van der Waals surface area contributed by atoms with Crippen LogP contribution in [0.15, 0.2) is 36.7 Å². The van der Waals surface area contributed by atoms with E-state index in [4.69, 9.17) is 5.26 Å². The molecule has 0 saturated carbocycles. The Balaban J connectivity index is 1.82. The van der Waals surface area contributed by atoms with E-state index in [1.807, 2.05) is 0 Å². The topological polar surface area (TPSA) is 52.8 Å². The molecule has 0 bridgehead atoms. The predicted molar refractivity (Wildman–Crippen MR) is 82.1 cm³/mol. The van der Waals surface area contributed by atoms with Gasteiger partial charge in [-0.25, -0.2) is 9.97 Å². The molecular formula is C17H18N4. The molecule has 2 atom stereocenters. The third-order valence-electron chi connectivity index (χ3n) is 4.18. The van der Waals surface area contributed by atoms with Crippen LogP contribution in [0.4, 0.5) is 5.82 Å². The second-order valence-electron chi connectivity index (χ2n) is 5.72. The molecule has 4 heteroatoms. The Labute approximate surface area is 125 Å². The lowest BCUT2D eigenvalue weighted by molar-refractivity contribution is 0.696. The van der Waals surface area contributed by atoms with Crippen molar-refractivity contribution in [2.75, 3.05) is 11.4 Å². The fraction of sp³-hybridized carbons (Fsp3) is 0.353. The van der Waals surface area contributed by atoms with Crippen molar-refractivity contribution in [1.29, 1.82) is 5.26 Å². The predicted octanol–water partition coefficient (Wildman–Crippen LogP) is 3.04. The Morgan fingerprint density at radius 3 is 2.71 bits per heavy atom. The van der Waals surface area contributed by atoms with Crippen LogP contribution in [0.5, 0.6) is 0 Å². The number of nitriles is 1. The summed E-state index contributed by atoms with van der Waals surface area (Å²) in [6, 6.07) is 13.0. The van der Waals surface area contributed by atoms with Crippen LogP contribution in [-0.4, -0.2) is 22.6 Å². The average molecular weight is 278 g/mol. The van der Waals surface area contributed by atoms with Gasteiger partial charge in [0.25, 0.3) is 0 Å². The third-order valence-corrected chi connectivity index (χ3v) is 4.18. The van der Waals surface area contributed by atoms with E-state index in [2.05, 4.69) is 59.1 Å². The van der Waals surface area contributed by atoms with Crippen LogP contribution in [-0.2, 0) is 0 Å². The average Bonchev–Trinajstić information content (AvgIpc) is 2.90. The Kier molecular flexibility index (Phi) is 3.57. The van der Waals surface area contributed by atoms with Crippen LogP contribution in [0.3, 0.4) is 0 Å². The van der Waals surface area contributed by atoms with Gasteiger partial charge in [-0.3, -0.25) is 0 Å². The van der Waals surface area contributed by atoms with E-state index in [1.165, 1.54) is 17.5 Å². The van der Waals surface area contributed by atoms with Crippen LogP contribution in [0.25, 0.3) is 0 Å². The third kappa shape index (κ3) is 2.73. The van der Waals surface area contributed by atoms with Gasteiger partial charge in [-0.05, 0) is 25.8 Å². The summed E-state index contributed by atoms with van der Waals surface area (Å²) in [7, 11) is 0. The van der Waals surface area contributed by atoms with E-state index >= 15 is 0 Å². The Morgan fingerprint density at radius 1 is 1.24 bits per heavy atom. The normalized spacial score (nSPS) is 21.3. The highest BCUT2D eigenvalue weighted by Gasteiger charge is 2.31. The maximum absolute atomic E-state index is 8.97. The quantitative estimate of drug-likeness (QED) is 0.847. The molecule has 1 saturated heterocycles. The molecule has 4 nitrogen and oxygen atoms in total. The summed E-state index contributed by atoms with van der Waals surface area (Å²) in [5, 5.41) is 8.97. The zero-order valence-electron chi connectivity index (χ0n) is 12.3. The minimum absolute atomic E-state index is 0.415. The molecule has 3 rings (SSSR count). The lowest BCUT2D eigenvalue weighted by Gasteiger charge is -2.22. The minimum Gasteiger partial charge on any atom is -0.353 e. The summed E-state index contributed by atoms with van der Waals surface area (Å²) in [5.41, 5.74) is 3.09. The first kappa shape index (κ1) is 13.6. The van der Waals surface area contributed by atoms with Crippen molar-refractivity contribution in [3.63, 3.8) is 0 Å². The largest absolute Gasteiger partial charge is 0.353 e. The summed E-state index contributed by atoms with van der Waals surface area (Å²) in [6.45, 7) is 5.26. The zero-order valence-corrected chi connectivity index (χ0v) is 12.3. The van der Waals surface area contributed by atoms with E-state index in [0.717, 1.165) is 18.8 Å². The van der Waals surface area contributed by atoms with Gasteiger partial charge < -0.3 is 4.90 Å². The van der Waals surface area contributed by atoms with Crippen molar-refractivity contribution in [1.82, 2.24) is 9.97 Å². The van der Waals surface area contributed by atoms with Gasteiger partial charge in [0, 0.05) is 24.6 Å². The molecule has 2 aromatic rings. The SMILES string of the molecule is Cc1ccc(C2CC(C)N(c3cc(C#N)ncn3)C2)cc1. The molecule has 0 N–H and O–H groups in total. The Hall–Kier alpha value is -2.41. The van der Waals surface area contributed by atoms with Gasteiger partial charge >= 0.3 is 0 Å². The lowest BCUT2D eigenvalue weighted by Crippen LogP contribution is -2.27. The van der Waals surface area contributed by atoms with Crippen molar-refractivity contribution in [3.8, 4) is 6.07 Å². The maximum atomic E-state index is 8.97. The second kappa shape index (κ2) is 5.53. The van der Waals surface area contributed by atoms with Crippen molar-refractivity contribution in [3.05, 3.63) is 53.5 Å². The van der Waals surface area contributed by atoms with Crippen LogP contribution in [0.1, 0.15) is 36.1 Å². The molecule has 106 valence electrons. The zero-order chi connectivity index (χ0) is 14.8. The molecule has 1 aromatic carbocycles. The maximum Gasteiger partial charge on any atom is 0.145 e. The van der Waals surface area contributed by atoms with Gasteiger partial charge in [0.1, 0.15) is 23.9 Å². The van der Waals surface area contributed by atoms with Crippen molar-refractivity contribution in [2.45, 2.75) is 32.2 Å². The van der Waals surface area contributed by atoms with Gasteiger partial charge in [0.05, 0.1) is 0 Å². The number of rotatable bonds is 2. The number of nitrogens with zero attached hydrogens (tertiary/aromatic N) is 4. The number of anilines is 1. The molecule has 21 heavy (non-hydrogen) atoms. The second-order valence-corrected chi connectivity index (χ2v) is 5.72. The summed E-state index contributed by atoms with van der Waals surface area (Å²) < 4.78 is 0. The first-order valence-electron chi connectivity index (χ1n) is 7.22. The summed E-state index contributed by atoms with van der Waals surface area (Å²) in [6.07, 6.45) is 2.58. The van der Waals surface area contributed by atoms with Crippen LogP contribution >= 0.6 is 0 Å².